The molecule has 1 aliphatic rings. The van der Waals surface area contributed by atoms with Gasteiger partial charge in [-0.25, -0.2) is 0 Å². The van der Waals surface area contributed by atoms with E-state index in [-0.39, 0.29) is 5.78 Å². The van der Waals surface area contributed by atoms with E-state index in [1.54, 1.807) is 0 Å². The summed E-state index contributed by atoms with van der Waals surface area (Å²) in [6, 6.07) is 29.1. The van der Waals surface area contributed by atoms with Gasteiger partial charge in [0.15, 0.2) is 5.78 Å². The van der Waals surface area contributed by atoms with Crippen LogP contribution in [0.25, 0.3) is 32.7 Å². The van der Waals surface area contributed by atoms with E-state index in [0.29, 0.717) is 0 Å². The van der Waals surface area contributed by atoms with Gasteiger partial charge in [-0.15, -0.1) is 0 Å². The Morgan fingerprint density at radius 1 is 0.500 bits per heavy atom. The summed E-state index contributed by atoms with van der Waals surface area (Å²) in [6.45, 7) is 4.12. The Balaban J connectivity index is 1.61. The lowest BCUT2D eigenvalue weighted by Gasteiger charge is -2.08. The zero-order chi connectivity index (χ0) is 19.3. The van der Waals surface area contributed by atoms with Crippen molar-refractivity contribution < 1.29 is 4.79 Å². The normalized spacial score (nSPS) is 14.6. The zero-order valence-corrected chi connectivity index (χ0v) is 16.0. The van der Waals surface area contributed by atoms with Crippen LogP contribution < -0.4 is 0 Å². The topological polar surface area (TPSA) is 17.1 Å². The minimum Gasteiger partial charge on any atom is -0.289 e. The molecule has 5 rings (SSSR count). The molecule has 1 heteroatoms. The molecular formula is C27H20O. The molecule has 0 fully saturated rings. The van der Waals surface area contributed by atoms with Gasteiger partial charge in [0, 0.05) is 11.1 Å². The molecule has 0 saturated carbocycles. The summed E-state index contributed by atoms with van der Waals surface area (Å²) >= 11 is 0. The number of fused-ring (bicyclic) bond motifs is 2. The standard InChI is InChI=1S/C27H20O/c1-17-18(2)26(24-14-12-20-8-4-6-10-22(20)16-24)27(28)25(17)23-13-11-19-7-3-5-9-21(19)15-23/h3-16H,1-2H3. The Morgan fingerprint density at radius 3 is 1.32 bits per heavy atom. The van der Waals surface area contributed by atoms with Gasteiger partial charge in [0.25, 0.3) is 0 Å². The Labute approximate surface area is 164 Å². The number of benzene rings is 4. The zero-order valence-electron chi connectivity index (χ0n) is 16.0. The minimum absolute atomic E-state index is 0.126. The van der Waals surface area contributed by atoms with Gasteiger partial charge in [0.1, 0.15) is 0 Å². The molecular weight excluding hydrogens is 340 g/mol. The number of ketones is 1. The van der Waals surface area contributed by atoms with E-state index in [4.69, 9.17) is 0 Å². The lowest BCUT2D eigenvalue weighted by atomic mass is 9.94. The third-order valence-corrected chi connectivity index (χ3v) is 5.84. The number of allylic oxidation sites excluding steroid dienone is 4. The lowest BCUT2D eigenvalue weighted by molar-refractivity contribution is -0.108. The van der Waals surface area contributed by atoms with Gasteiger partial charge in [-0.1, -0.05) is 72.8 Å². The molecule has 0 saturated heterocycles. The molecule has 0 unspecified atom stereocenters. The van der Waals surface area contributed by atoms with Gasteiger partial charge in [0.2, 0.25) is 0 Å². The van der Waals surface area contributed by atoms with Crippen LogP contribution in [0.2, 0.25) is 0 Å². The summed E-state index contributed by atoms with van der Waals surface area (Å²) in [4.78, 5) is 13.5. The van der Waals surface area contributed by atoms with Crippen molar-refractivity contribution in [3.63, 3.8) is 0 Å². The monoisotopic (exact) mass is 360 g/mol. The highest BCUT2D eigenvalue weighted by atomic mass is 16.1. The van der Waals surface area contributed by atoms with Crippen molar-refractivity contribution in [2.45, 2.75) is 13.8 Å². The molecule has 4 aromatic carbocycles. The Kier molecular flexibility index (Phi) is 3.77. The predicted octanol–water partition coefficient (Wildman–Crippen LogP) is 6.82. The van der Waals surface area contributed by atoms with Crippen LogP contribution >= 0.6 is 0 Å². The van der Waals surface area contributed by atoms with Crippen LogP contribution in [0.3, 0.4) is 0 Å². The highest BCUT2D eigenvalue weighted by Gasteiger charge is 2.29. The van der Waals surface area contributed by atoms with E-state index in [0.717, 1.165) is 44.2 Å². The fourth-order valence-corrected chi connectivity index (χ4v) is 4.23. The molecule has 0 aliphatic heterocycles. The maximum atomic E-state index is 13.5. The third kappa shape index (κ3) is 2.51. The first kappa shape index (κ1) is 16.7. The van der Waals surface area contributed by atoms with Crippen molar-refractivity contribution in [3.05, 3.63) is 107 Å². The van der Waals surface area contributed by atoms with Crippen LogP contribution in [0, 0.1) is 0 Å². The second-order valence-electron chi connectivity index (χ2n) is 7.45. The molecule has 4 aromatic rings. The fraction of sp³-hybridized carbons (Fsp3) is 0.0741. The number of hydrogen-bond acceptors (Lipinski definition) is 1. The first-order chi connectivity index (χ1) is 13.6. The maximum absolute atomic E-state index is 13.5. The molecule has 0 amide bonds. The van der Waals surface area contributed by atoms with E-state index in [2.05, 4.69) is 74.5 Å². The molecule has 1 aliphatic carbocycles. The van der Waals surface area contributed by atoms with Crippen LogP contribution in [-0.2, 0) is 4.79 Å². The molecule has 0 atom stereocenters. The van der Waals surface area contributed by atoms with E-state index in [1.807, 2.05) is 24.3 Å². The van der Waals surface area contributed by atoms with Crippen LogP contribution in [0.1, 0.15) is 25.0 Å². The maximum Gasteiger partial charge on any atom is 0.194 e. The summed E-state index contributed by atoms with van der Waals surface area (Å²) in [5.41, 5.74) is 5.79. The van der Waals surface area contributed by atoms with Crippen molar-refractivity contribution >= 4 is 38.5 Å². The molecule has 1 nitrogen and oxygen atoms in total. The highest BCUT2D eigenvalue weighted by Crippen LogP contribution is 2.41. The summed E-state index contributed by atoms with van der Waals surface area (Å²) in [5, 5.41) is 4.69. The Bertz CT molecular complexity index is 1230. The molecule has 0 aromatic heterocycles. The number of Topliss-reactive ketones (excluding diaryl/α,β-unsaturated/α-hetero) is 1. The number of carbonyl (C=O) groups is 1. The molecule has 0 radical (unpaired) electrons. The third-order valence-electron chi connectivity index (χ3n) is 5.84. The quantitative estimate of drug-likeness (QED) is 0.383. The molecule has 0 heterocycles. The molecule has 134 valence electrons. The number of hydrogen-bond donors (Lipinski definition) is 0. The number of rotatable bonds is 2. The predicted molar refractivity (Wildman–Crippen MR) is 118 cm³/mol. The van der Waals surface area contributed by atoms with E-state index >= 15 is 0 Å². The molecule has 0 spiro atoms. The van der Waals surface area contributed by atoms with Crippen molar-refractivity contribution in [2.24, 2.45) is 0 Å². The average molecular weight is 360 g/mol. The second-order valence-corrected chi connectivity index (χ2v) is 7.45. The first-order valence-electron chi connectivity index (χ1n) is 9.58. The van der Waals surface area contributed by atoms with Crippen molar-refractivity contribution in [1.82, 2.24) is 0 Å². The lowest BCUT2D eigenvalue weighted by Crippen LogP contribution is -2.02. The average Bonchev–Trinajstić information content (AvgIpc) is 2.95. The first-order valence-corrected chi connectivity index (χ1v) is 9.58. The van der Waals surface area contributed by atoms with Crippen molar-refractivity contribution in [1.29, 1.82) is 0 Å². The van der Waals surface area contributed by atoms with Gasteiger partial charge < -0.3 is 0 Å². The Morgan fingerprint density at radius 2 is 0.893 bits per heavy atom. The van der Waals surface area contributed by atoms with Crippen LogP contribution in [0.5, 0.6) is 0 Å². The SMILES string of the molecule is CC1=C(c2ccc3ccccc3c2)C(=O)C(c2ccc3ccccc3c2)=C1C. The fourth-order valence-electron chi connectivity index (χ4n) is 4.23. The minimum atomic E-state index is 0.126. The van der Waals surface area contributed by atoms with Crippen molar-refractivity contribution in [3.8, 4) is 0 Å². The van der Waals surface area contributed by atoms with Crippen LogP contribution in [0.4, 0.5) is 0 Å². The number of carbonyl (C=O) groups excluding carboxylic acids is 1. The van der Waals surface area contributed by atoms with E-state index < -0.39 is 0 Å². The summed E-state index contributed by atoms with van der Waals surface area (Å²) in [7, 11) is 0. The molecule has 0 bridgehead atoms. The molecule has 28 heavy (non-hydrogen) atoms. The highest BCUT2D eigenvalue weighted by molar-refractivity contribution is 6.47. The van der Waals surface area contributed by atoms with Crippen LogP contribution in [0.15, 0.2) is 96.1 Å². The van der Waals surface area contributed by atoms with Gasteiger partial charge in [0.05, 0.1) is 0 Å². The summed E-state index contributed by atoms with van der Waals surface area (Å²) in [5.74, 6) is 0.126. The van der Waals surface area contributed by atoms with E-state index in [1.165, 1.54) is 10.8 Å². The summed E-state index contributed by atoms with van der Waals surface area (Å²) < 4.78 is 0. The largest absolute Gasteiger partial charge is 0.289 e. The smallest absolute Gasteiger partial charge is 0.194 e. The van der Waals surface area contributed by atoms with Crippen molar-refractivity contribution in [2.75, 3.05) is 0 Å². The van der Waals surface area contributed by atoms with Gasteiger partial charge in [-0.3, -0.25) is 4.79 Å². The van der Waals surface area contributed by atoms with Gasteiger partial charge in [-0.2, -0.15) is 0 Å². The second kappa shape index (κ2) is 6.31. The van der Waals surface area contributed by atoms with Gasteiger partial charge >= 0.3 is 0 Å². The van der Waals surface area contributed by atoms with E-state index in [9.17, 15) is 4.79 Å². The molecule has 0 N–H and O–H groups in total. The van der Waals surface area contributed by atoms with Crippen LogP contribution in [-0.4, -0.2) is 5.78 Å². The van der Waals surface area contributed by atoms with Gasteiger partial charge in [-0.05, 0) is 69.8 Å². The summed E-state index contributed by atoms with van der Waals surface area (Å²) in [6.07, 6.45) is 0. The Hall–Kier alpha value is -3.45.